The van der Waals surface area contributed by atoms with Gasteiger partial charge in [-0.2, -0.15) is 0 Å². The molecule has 6 heteroatoms. The molecular weight excluding hydrogens is 1230 g/mol. The van der Waals surface area contributed by atoms with E-state index in [4.69, 9.17) is 9.47 Å². The van der Waals surface area contributed by atoms with Crippen LogP contribution in [0.1, 0.15) is 44.5 Å². The molecule has 0 saturated heterocycles. The highest BCUT2D eigenvalue weighted by atomic mass is 32.1. The largest absolute Gasteiger partial charge is 0.457 e. The van der Waals surface area contributed by atoms with Gasteiger partial charge in [0, 0.05) is 96.7 Å². The van der Waals surface area contributed by atoms with E-state index in [-0.39, 0.29) is 0 Å². The van der Waals surface area contributed by atoms with Crippen LogP contribution in [0.15, 0.2) is 352 Å². The Kier molecular flexibility index (Phi) is 12.8. The van der Waals surface area contributed by atoms with Gasteiger partial charge in [0.15, 0.2) is 0 Å². The minimum Gasteiger partial charge on any atom is -0.457 e. The molecule has 460 valence electrons. The highest BCUT2D eigenvalue weighted by Gasteiger charge is 2.53. The van der Waals surface area contributed by atoms with Crippen LogP contribution in [0.25, 0.3) is 73.7 Å². The van der Waals surface area contributed by atoms with Gasteiger partial charge in [-0.25, -0.2) is 0 Å². The van der Waals surface area contributed by atoms with Crippen LogP contribution in [0, 0.1) is 0 Å². The molecule has 2 aliphatic heterocycles. The Bertz CT molecular complexity index is 5910. The van der Waals surface area contributed by atoms with E-state index in [1.807, 2.05) is 22.7 Å². The van der Waals surface area contributed by atoms with Crippen LogP contribution in [0.3, 0.4) is 0 Å². The number of rotatable bonds is 7. The average molecular weight is 1290 g/mol. The molecule has 4 nitrogen and oxygen atoms in total. The van der Waals surface area contributed by atoms with Gasteiger partial charge < -0.3 is 19.3 Å². The third-order valence-corrected chi connectivity index (χ3v) is 22.9. The zero-order valence-electron chi connectivity index (χ0n) is 53.0. The minimum atomic E-state index is -0.471. The molecule has 4 aliphatic rings. The molecule has 4 heterocycles. The van der Waals surface area contributed by atoms with E-state index in [1.165, 1.54) is 118 Å². The lowest BCUT2D eigenvalue weighted by atomic mass is 9.66. The molecule has 0 atom stereocenters. The number of thiophene rings is 2. The van der Waals surface area contributed by atoms with E-state index in [1.54, 1.807) is 0 Å². The van der Waals surface area contributed by atoms with Crippen LogP contribution in [0.5, 0.6) is 23.0 Å². The number of para-hydroxylation sites is 7. The third kappa shape index (κ3) is 8.42. The number of hydrogen-bond acceptors (Lipinski definition) is 6. The first kappa shape index (κ1) is 56.3. The molecule has 21 rings (SSSR count). The van der Waals surface area contributed by atoms with Crippen LogP contribution < -0.4 is 19.3 Å². The molecule has 0 bridgehead atoms. The van der Waals surface area contributed by atoms with Crippen LogP contribution >= 0.6 is 22.7 Å². The first-order valence-electron chi connectivity index (χ1n) is 33.4. The average Bonchev–Trinajstić information content (AvgIpc) is 1.51. The predicted molar refractivity (Wildman–Crippen MR) is 408 cm³/mol. The van der Waals surface area contributed by atoms with Crippen molar-refractivity contribution in [1.29, 1.82) is 0 Å². The SMILES string of the molecule is c1ccc(-c2cccc(N(c3ccccc3)c3ccc4sc5cc6c(cc5c4c3)-c3ccccc3C63c4ccccc4Oc4ccccc43)c2)cc1.c1ccc(N(c2ccccc2)c2ccc3sc4cc5c(cc4c3c2)-c2ccccc2C52c3ccccc3Oc3ccccc32)cc1. The van der Waals surface area contributed by atoms with E-state index in [0.29, 0.717) is 0 Å². The van der Waals surface area contributed by atoms with E-state index >= 15 is 0 Å². The maximum absolute atomic E-state index is 6.57. The third-order valence-electron chi connectivity index (χ3n) is 20.6. The Morgan fingerprint density at radius 3 is 0.939 bits per heavy atom. The zero-order valence-corrected chi connectivity index (χ0v) is 54.6. The Morgan fingerprint density at radius 2 is 0.520 bits per heavy atom. The predicted octanol–water partition coefficient (Wildman–Crippen LogP) is 25.7. The zero-order chi connectivity index (χ0) is 64.5. The van der Waals surface area contributed by atoms with Crippen LogP contribution in [-0.2, 0) is 10.8 Å². The molecule has 0 amide bonds. The summed E-state index contributed by atoms with van der Waals surface area (Å²) in [6.45, 7) is 0. The lowest BCUT2D eigenvalue weighted by molar-refractivity contribution is 0.436. The van der Waals surface area contributed by atoms with E-state index in [2.05, 4.69) is 362 Å². The molecule has 2 aromatic heterocycles. The minimum absolute atomic E-state index is 0.454. The summed E-state index contributed by atoms with van der Waals surface area (Å²) < 4.78 is 18.3. The summed E-state index contributed by atoms with van der Waals surface area (Å²) >= 11 is 3.76. The molecule has 0 fully saturated rings. The van der Waals surface area contributed by atoms with Crippen molar-refractivity contribution >= 4 is 97.1 Å². The van der Waals surface area contributed by atoms with Gasteiger partial charge in [0.1, 0.15) is 23.0 Å². The fourth-order valence-electron chi connectivity index (χ4n) is 16.6. The van der Waals surface area contributed by atoms with E-state index < -0.39 is 10.8 Å². The second-order valence-corrected chi connectivity index (χ2v) is 27.9. The number of anilines is 6. The Hall–Kier alpha value is -12.1. The fourth-order valence-corrected chi connectivity index (χ4v) is 18.8. The topological polar surface area (TPSA) is 24.9 Å². The summed E-state index contributed by atoms with van der Waals surface area (Å²) in [5.41, 5.74) is 23.5. The summed E-state index contributed by atoms with van der Waals surface area (Å²) in [6, 6.07) is 127. The quantitative estimate of drug-likeness (QED) is 0.159. The molecule has 0 unspecified atom stereocenters. The van der Waals surface area contributed by atoms with Crippen molar-refractivity contribution in [3.05, 3.63) is 396 Å². The summed E-state index contributed by atoms with van der Waals surface area (Å²) in [6.07, 6.45) is 0. The number of benzene rings is 15. The summed E-state index contributed by atoms with van der Waals surface area (Å²) in [7, 11) is 0. The normalized spacial score (nSPS) is 13.4. The first-order valence-corrected chi connectivity index (χ1v) is 35.1. The van der Waals surface area contributed by atoms with Gasteiger partial charge in [-0.05, 0) is 189 Å². The lowest BCUT2D eigenvalue weighted by Gasteiger charge is -2.39. The Balaban J connectivity index is 0.000000134. The van der Waals surface area contributed by atoms with Gasteiger partial charge in [0.25, 0.3) is 0 Å². The number of nitrogens with zero attached hydrogens (tertiary/aromatic N) is 2. The van der Waals surface area contributed by atoms with E-state index in [9.17, 15) is 0 Å². The van der Waals surface area contributed by atoms with E-state index in [0.717, 1.165) is 57.1 Å². The van der Waals surface area contributed by atoms with Gasteiger partial charge >= 0.3 is 0 Å². The van der Waals surface area contributed by atoms with Crippen molar-refractivity contribution < 1.29 is 9.47 Å². The molecule has 2 spiro atoms. The molecule has 98 heavy (non-hydrogen) atoms. The molecule has 17 aromatic rings. The van der Waals surface area contributed by atoms with Crippen LogP contribution in [0.4, 0.5) is 34.1 Å². The maximum atomic E-state index is 6.57. The molecule has 15 aromatic carbocycles. The monoisotopic (exact) mass is 1290 g/mol. The molecule has 0 radical (unpaired) electrons. The number of fused-ring (bicyclic) bond motifs is 24. The van der Waals surface area contributed by atoms with Crippen molar-refractivity contribution in [1.82, 2.24) is 0 Å². The van der Waals surface area contributed by atoms with Gasteiger partial charge in [0.05, 0.1) is 10.8 Å². The van der Waals surface area contributed by atoms with Gasteiger partial charge in [0.2, 0.25) is 0 Å². The number of hydrogen-bond donors (Lipinski definition) is 0. The number of ether oxygens (including phenoxy) is 2. The van der Waals surface area contributed by atoms with Crippen molar-refractivity contribution in [2.24, 2.45) is 0 Å². The lowest BCUT2D eigenvalue weighted by Crippen LogP contribution is -2.32. The molecule has 0 saturated carbocycles. The van der Waals surface area contributed by atoms with Crippen LogP contribution in [0.2, 0.25) is 0 Å². The maximum Gasteiger partial charge on any atom is 0.132 e. The molecule has 2 aliphatic carbocycles. The second kappa shape index (κ2) is 22.3. The fraction of sp³-hybridized carbons (Fsp3) is 0.0217. The Labute approximate surface area is 576 Å². The van der Waals surface area contributed by atoms with Crippen molar-refractivity contribution in [3.8, 4) is 56.4 Å². The summed E-state index contributed by atoms with van der Waals surface area (Å²) in [5.74, 6) is 3.68. The van der Waals surface area contributed by atoms with Gasteiger partial charge in [-0.15, -0.1) is 22.7 Å². The Morgan fingerprint density at radius 1 is 0.204 bits per heavy atom. The van der Waals surface area contributed by atoms with Crippen molar-refractivity contribution in [2.45, 2.75) is 10.8 Å². The van der Waals surface area contributed by atoms with Gasteiger partial charge in [-0.3, -0.25) is 0 Å². The van der Waals surface area contributed by atoms with Crippen molar-refractivity contribution in [3.63, 3.8) is 0 Å². The second-order valence-electron chi connectivity index (χ2n) is 25.7. The van der Waals surface area contributed by atoms with Crippen molar-refractivity contribution in [2.75, 3.05) is 9.80 Å². The highest BCUT2D eigenvalue weighted by molar-refractivity contribution is 7.26. The summed E-state index contributed by atoms with van der Waals surface area (Å²) in [4.78, 5) is 4.72. The first-order chi connectivity index (χ1) is 48.6. The van der Waals surface area contributed by atoms with Crippen LogP contribution in [-0.4, -0.2) is 0 Å². The molecular formula is C92H58N2O2S2. The summed E-state index contributed by atoms with van der Waals surface area (Å²) in [5, 5.41) is 5.13. The highest BCUT2D eigenvalue weighted by Crippen LogP contribution is 2.65. The standard InChI is InChI=1S/C49H31NOS.C43H27NOS/c1-3-14-32(15-4-1)33-16-13-19-35(28-33)50(34-17-5-2-6-18-34)36-26-27-47-39(29-36)40-30-38-37-20-7-8-21-41(37)49(44(38)31-48(40)52-47)42-22-9-11-24-45(42)51-46-25-12-10-23-43(46)49;1-3-13-28(14-4-1)44(29-15-5-2-6-16-29)30-23-24-41-33(25-30)34-26-32-31-17-7-8-18-35(31)43(38(32)27-42(34)46-41)36-19-9-11-21-39(36)45-40-22-12-10-20-37(40)43/h1-31H;1-27H. The molecule has 0 N–H and O–H groups in total. The smallest absolute Gasteiger partial charge is 0.132 e. The van der Waals surface area contributed by atoms with Gasteiger partial charge in [-0.1, -0.05) is 218 Å².